The predicted molar refractivity (Wildman–Crippen MR) is 59.5 cm³/mol. The van der Waals surface area contributed by atoms with Crippen molar-refractivity contribution >= 4 is 11.6 Å². The van der Waals surface area contributed by atoms with Crippen molar-refractivity contribution in [3.63, 3.8) is 0 Å². The topological polar surface area (TPSA) is 35.2 Å². The normalized spacial score (nSPS) is 10.5. The van der Waals surface area contributed by atoms with Crippen LogP contribution in [0.25, 0.3) is 0 Å². The van der Waals surface area contributed by atoms with Crippen LogP contribution in [0.5, 0.6) is 0 Å². The minimum Gasteiger partial charge on any atom is -0.377 e. The van der Waals surface area contributed by atoms with Gasteiger partial charge >= 0.3 is 0 Å². The van der Waals surface area contributed by atoms with Crippen molar-refractivity contribution in [2.75, 3.05) is 13.2 Å². The summed E-state index contributed by atoms with van der Waals surface area (Å²) in [7, 11) is 0. The lowest BCUT2D eigenvalue weighted by Crippen LogP contribution is -2.03. The summed E-state index contributed by atoms with van der Waals surface area (Å²) in [5.74, 6) is 0. The van der Waals surface area contributed by atoms with Crippen LogP contribution in [-0.4, -0.2) is 13.2 Å². The minimum atomic E-state index is 0.582. The fourth-order valence-corrected chi connectivity index (χ4v) is 1.50. The van der Waals surface area contributed by atoms with Gasteiger partial charge in [0.05, 0.1) is 6.61 Å². The van der Waals surface area contributed by atoms with E-state index in [1.807, 2.05) is 25.1 Å². The Hall–Kier alpha value is -0.570. The molecule has 2 N–H and O–H groups in total. The highest BCUT2D eigenvalue weighted by Crippen LogP contribution is 2.18. The highest BCUT2D eigenvalue weighted by atomic mass is 35.5. The van der Waals surface area contributed by atoms with Crippen molar-refractivity contribution in [3.8, 4) is 0 Å². The molecule has 0 saturated heterocycles. The van der Waals surface area contributed by atoms with Crippen LogP contribution in [0.3, 0.4) is 0 Å². The lowest BCUT2D eigenvalue weighted by Gasteiger charge is -2.06. The first-order chi connectivity index (χ1) is 6.77. The Morgan fingerprint density at radius 3 is 2.79 bits per heavy atom. The van der Waals surface area contributed by atoms with Gasteiger partial charge in [-0.05, 0) is 37.1 Å². The molecule has 0 aliphatic rings. The summed E-state index contributed by atoms with van der Waals surface area (Å²) in [6, 6.07) is 6.01. The largest absolute Gasteiger partial charge is 0.377 e. The molecule has 0 spiro atoms. The van der Waals surface area contributed by atoms with Crippen molar-refractivity contribution in [3.05, 3.63) is 34.3 Å². The fraction of sp³-hybridized carbons (Fsp3) is 0.455. The van der Waals surface area contributed by atoms with Crippen LogP contribution in [-0.2, 0) is 17.8 Å². The third kappa shape index (κ3) is 3.29. The minimum absolute atomic E-state index is 0.582. The van der Waals surface area contributed by atoms with Crippen LogP contribution < -0.4 is 5.73 Å². The molecule has 0 atom stereocenters. The second kappa shape index (κ2) is 6.02. The molecule has 14 heavy (non-hydrogen) atoms. The first-order valence-electron chi connectivity index (χ1n) is 4.83. The van der Waals surface area contributed by atoms with Crippen molar-refractivity contribution in [2.24, 2.45) is 5.73 Å². The van der Waals surface area contributed by atoms with Crippen molar-refractivity contribution in [1.82, 2.24) is 0 Å². The van der Waals surface area contributed by atoms with E-state index in [1.165, 1.54) is 5.56 Å². The van der Waals surface area contributed by atoms with Gasteiger partial charge in [-0.3, -0.25) is 0 Å². The lowest BCUT2D eigenvalue weighted by molar-refractivity contribution is 0.134. The van der Waals surface area contributed by atoms with E-state index in [0.717, 1.165) is 17.0 Å². The number of ether oxygens (including phenoxy) is 1. The van der Waals surface area contributed by atoms with Crippen LogP contribution in [0.4, 0.5) is 0 Å². The molecular formula is C11H16ClNO. The van der Waals surface area contributed by atoms with Crippen LogP contribution in [0.15, 0.2) is 18.2 Å². The van der Waals surface area contributed by atoms with Gasteiger partial charge in [0, 0.05) is 11.6 Å². The summed E-state index contributed by atoms with van der Waals surface area (Å²) in [5.41, 5.74) is 7.68. The maximum Gasteiger partial charge on any atom is 0.0731 e. The molecule has 0 radical (unpaired) electrons. The van der Waals surface area contributed by atoms with E-state index in [1.54, 1.807) is 0 Å². The van der Waals surface area contributed by atoms with Crippen molar-refractivity contribution in [1.29, 1.82) is 0 Å². The van der Waals surface area contributed by atoms with Gasteiger partial charge < -0.3 is 10.5 Å². The van der Waals surface area contributed by atoms with E-state index in [-0.39, 0.29) is 0 Å². The fourth-order valence-electron chi connectivity index (χ4n) is 1.24. The molecule has 1 aromatic rings. The van der Waals surface area contributed by atoms with Gasteiger partial charge in [0.2, 0.25) is 0 Å². The van der Waals surface area contributed by atoms with E-state index in [0.29, 0.717) is 19.8 Å². The molecule has 0 aromatic heterocycles. The summed E-state index contributed by atoms with van der Waals surface area (Å²) in [5, 5.41) is 0.768. The molecule has 0 bridgehead atoms. The molecule has 0 unspecified atom stereocenters. The molecule has 2 nitrogen and oxygen atoms in total. The summed E-state index contributed by atoms with van der Waals surface area (Å²) in [6.07, 6.45) is 0.870. The Morgan fingerprint density at radius 1 is 1.43 bits per heavy atom. The quantitative estimate of drug-likeness (QED) is 0.815. The zero-order valence-corrected chi connectivity index (χ0v) is 9.18. The summed E-state index contributed by atoms with van der Waals surface area (Å²) in [6.45, 7) is 3.91. The second-order valence-corrected chi connectivity index (χ2v) is 3.51. The molecule has 0 fully saturated rings. The summed E-state index contributed by atoms with van der Waals surface area (Å²) >= 11 is 6.08. The van der Waals surface area contributed by atoms with Crippen molar-refractivity contribution < 1.29 is 4.74 Å². The highest BCUT2D eigenvalue weighted by molar-refractivity contribution is 6.31. The molecule has 0 heterocycles. The number of rotatable bonds is 5. The Kier molecular flexibility index (Phi) is 4.94. The average Bonchev–Trinajstić information content (AvgIpc) is 2.17. The zero-order valence-electron chi connectivity index (χ0n) is 8.42. The number of halogens is 1. The number of hydrogen-bond donors (Lipinski definition) is 1. The molecule has 0 aliphatic heterocycles. The molecule has 1 aromatic carbocycles. The number of nitrogens with two attached hydrogens (primary N) is 1. The van der Waals surface area contributed by atoms with Crippen LogP contribution in [0.1, 0.15) is 18.1 Å². The maximum atomic E-state index is 6.08. The summed E-state index contributed by atoms with van der Waals surface area (Å²) in [4.78, 5) is 0. The molecule has 0 aliphatic carbocycles. The highest BCUT2D eigenvalue weighted by Gasteiger charge is 2.01. The third-order valence-electron chi connectivity index (χ3n) is 2.01. The first-order valence-corrected chi connectivity index (χ1v) is 5.20. The third-order valence-corrected chi connectivity index (χ3v) is 2.36. The lowest BCUT2D eigenvalue weighted by atomic mass is 10.1. The number of benzene rings is 1. The van der Waals surface area contributed by atoms with Crippen LogP contribution in [0, 0.1) is 0 Å². The van der Waals surface area contributed by atoms with Gasteiger partial charge in [-0.1, -0.05) is 23.7 Å². The Bertz CT molecular complexity index is 289. The van der Waals surface area contributed by atoms with Crippen LogP contribution in [0.2, 0.25) is 5.02 Å². The zero-order chi connectivity index (χ0) is 10.4. The molecule has 0 amide bonds. The van der Waals surface area contributed by atoms with E-state index < -0.39 is 0 Å². The Balaban J connectivity index is 2.68. The SMILES string of the molecule is CCOCc1ccc(CCN)cc1Cl. The smallest absolute Gasteiger partial charge is 0.0731 e. The summed E-state index contributed by atoms with van der Waals surface area (Å²) < 4.78 is 5.29. The average molecular weight is 214 g/mol. The number of hydrogen-bond acceptors (Lipinski definition) is 2. The van der Waals surface area contributed by atoms with Gasteiger partial charge in [-0.15, -0.1) is 0 Å². The van der Waals surface area contributed by atoms with Gasteiger partial charge in [0.1, 0.15) is 0 Å². The van der Waals surface area contributed by atoms with Gasteiger partial charge in [-0.25, -0.2) is 0 Å². The monoisotopic (exact) mass is 213 g/mol. The Labute approximate surface area is 90.0 Å². The molecule has 78 valence electrons. The molecule has 0 saturated carbocycles. The maximum absolute atomic E-state index is 6.08. The van der Waals surface area contributed by atoms with Gasteiger partial charge in [-0.2, -0.15) is 0 Å². The standard InChI is InChI=1S/C11H16ClNO/c1-2-14-8-10-4-3-9(5-6-13)7-11(10)12/h3-4,7H,2,5-6,8,13H2,1H3. The predicted octanol–water partition coefficient (Wildman–Crippen LogP) is 2.38. The van der Waals surface area contributed by atoms with Crippen LogP contribution >= 0.6 is 11.6 Å². The van der Waals surface area contributed by atoms with Gasteiger partial charge in [0.25, 0.3) is 0 Å². The van der Waals surface area contributed by atoms with Crippen molar-refractivity contribution in [2.45, 2.75) is 20.0 Å². The van der Waals surface area contributed by atoms with Gasteiger partial charge in [0.15, 0.2) is 0 Å². The van der Waals surface area contributed by atoms with E-state index in [9.17, 15) is 0 Å². The first kappa shape index (κ1) is 11.5. The second-order valence-electron chi connectivity index (χ2n) is 3.10. The molecular weight excluding hydrogens is 198 g/mol. The van der Waals surface area contributed by atoms with E-state index in [2.05, 4.69) is 0 Å². The van der Waals surface area contributed by atoms with E-state index in [4.69, 9.17) is 22.1 Å². The Morgan fingerprint density at radius 2 is 2.21 bits per heavy atom. The molecule has 3 heteroatoms. The van der Waals surface area contributed by atoms with E-state index >= 15 is 0 Å². The molecule has 1 rings (SSSR count).